The number of piperidine rings is 3. The van der Waals surface area contributed by atoms with Gasteiger partial charge in [0.05, 0.1) is 22.2 Å². The summed E-state index contributed by atoms with van der Waals surface area (Å²) in [5, 5.41) is 11.3. The van der Waals surface area contributed by atoms with Crippen molar-refractivity contribution >= 4 is 46.0 Å². The molecule has 4 aromatic rings. The van der Waals surface area contributed by atoms with Gasteiger partial charge in [0.25, 0.3) is 11.8 Å². The van der Waals surface area contributed by atoms with E-state index in [1.807, 2.05) is 24.4 Å². The molecule has 1 saturated carbocycles. The number of rotatable bonds is 10. The van der Waals surface area contributed by atoms with Crippen molar-refractivity contribution in [1.29, 1.82) is 0 Å². The first-order valence-corrected chi connectivity index (χ1v) is 22.1. The van der Waals surface area contributed by atoms with Crippen molar-refractivity contribution in [3.05, 3.63) is 65.9 Å². The standard InChI is InChI=1S/C46H53N9O5/c1-45(13-14-45)60-33-3-5-37-36(24-33)41(50-49-37)31-8-16-47-39(22-31)54-21-15-46(54)27-52(28-46)26-29-9-17-51(18-10-29)25-30-11-19-53(20-12-30)32-2-4-34-35(23-32)44(59)55(43(34)58)38-6-7-40(56)48-42(38)57/h2-5,8,16,22-24,29-30,38H,6-7,9-15,17-21,25-28H2,1H3,(H,49,50)(H,48,56,57). The molecule has 8 heterocycles. The number of fused-ring (bicyclic) bond motifs is 2. The van der Waals surface area contributed by atoms with E-state index in [1.54, 1.807) is 6.07 Å². The Morgan fingerprint density at radius 1 is 0.783 bits per heavy atom. The maximum Gasteiger partial charge on any atom is 0.262 e. The maximum absolute atomic E-state index is 13.4. The van der Waals surface area contributed by atoms with E-state index in [0.29, 0.717) is 17.0 Å². The number of H-pyrrole nitrogens is 1. The van der Waals surface area contributed by atoms with Gasteiger partial charge in [0.15, 0.2) is 0 Å². The molecule has 5 saturated heterocycles. The van der Waals surface area contributed by atoms with Crippen LogP contribution in [0.4, 0.5) is 11.5 Å². The Balaban J connectivity index is 0.637. The lowest BCUT2D eigenvalue weighted by Gasteiger charge is -2.63. The molecule has 1 aliphatic carbocycles. The summed E-state index contributed by atoms with van der Waals surface area (Å²) in [4.78, 5) is 66.7. The number of amides is 4. The molecule has 14 heteroatoms. The number of hydrogen-bond donors (Lipinski definition) is 2. The van der Waals surface area contributed by atoms with Crippen molar-refractivity contribution in [2.24, 2.45) is 11.8 Å². The Kier molecular flexibility index (Phi) is 9.03. The van der Waals surface area contributed by atoms with Gasteiger partial charge in [0.1, 0.15) is 28.9 Å². The molecule has 1 unspecified atom stereocenters. The van der Waals surface area contributed by atoms with Crippen molar-refractivity contribution in [3.8, 4) is 17.0 Å². The summed E-state index contributed by atoms with van der Waals surface area (Å²) in [6, 6.07) is 15.0. The molecular formula is C46H53N9O5. The number of benzene rings is 2. The molecule has 0 radical (unpaired) electrons. The number of carbonyl (C=O) groups excluding carboxylic acids is 4. The zero-order chi connectivity index (χ0) is 40.8. The first-order valence-electron chi connectivity index (χ1n) is 22.1. The molecule has 0 bridgehead atoms. The summed E-state index contributed by atoms with van der Waals surface area (Å²) in [5.41, 5.74) is 4.80. The van der Waals surface area contributed by atoms with E-state index in [2.05, 4.69) is 61.2 Å². The van der Waals surface area contributed by atoms with Crippen molar-refractivity contribution in [1.82, 2.24) is 35.2 Å². The summed E-state index contributed by atoms with van der Waals surface area (Å²) in [6.07, 6.45) is 10.3. The molecule has 11 rings (SSSR count). The molecule has 1 spiro atoms. The van der Waals surface area contributed by atoms with Crippen molar-refractivity contribution in [2.75, 3.05) is 68.7 Å². The van der Waals surface area contributed by atoms with Gasteiger partial charge in [0, 0.05) is 75.1 Å². The summed E-state index contributed by atoms with van der Waals surface area (Å²) in [6.45, 7) is 11.9. The number of likely N-dealkylation sites (tertiary alicyclic amines) is 2. The summed E-state index contributed by atoms with van der Waals surface area (Å²) in [5.74, 6) is 1.45. The normalized spacial score (nSPS) is 24.5. The number of aromatic amines is 1. The minimum absolute atomic E-state index is 0.0270. The molecule has 2 N–H and O–H groups in total. The van der Waals surface area contributed by atoms with Crippen LogP contribution in [0.25, 0.3) is 22.2 Å². The Morgan fingerprint density at radius 3 is 2.27 bits per heavy atom. The van der Waals surface area contributed by atoms with Gasteiger partial charge in [-0.15, -0.1) is 0 Å². The lowest BCUT2D eigenvalue weighted by molar-refractivity contribution is -0.136. The smallest absolute Gasteiger partial charge is 0.262 e. The fourth-order valence-corrected chi connectivity index (χ4v) is 10.8. The highest BCUT2D eigenvalue weighted by Gasteiger charge is 2.54. The molecule has 1 atom stereocenters. The Bertz CT molecular complexity index is 2390. The third-order valence-electron chi connectivity index (χ3n) is 14.7. The second-order valence-electron chi connectivity index (χ2n) is 18.9. The predicted octanol–water partition coefficient (Wildman–Crippen LogP) is 4.85. The maximum atomic E-state index is 13.4. The van der Waals surface area contributed by atoms with Crippen LogP contribution in [0.15, 0.2) is 54.7 Å². The highest BCUT2D eigenvalue weighted by Crippen LogP contribution is 2.44. The van der Waals surface area contributed by atoms with Crippen LogP contribution in [-0.4, -0.2) is 130 Å². The van der Waals surface area contributed by atoms with E-state index in [1.165, 1.54) is 25.8 Å². The Morgan fingerprint density at radius 2 is 1.53 bits per heavy atom. The van der Waals surface area contributed by atoms with Crippen LogP contribution in [0.5, 0.6) is 5.75 Å². The molecule has 60 heavy (non-hydrogen) atoms. The molecular weight excluding hydrogens is 759 g/mol. The van der Waals surface area contributed by atoms with Gasteiger partial charge < -0.3 is 19.4 Å². The number of hydrogen-bond acceptors (Lipinski definition) is 11. The van der Waals surface area contributed by atoms with Gasteiger partial charge in [-0.2, -0.15) is 5.10 Å². The molecule has 14 nitrogen and oxygen atoms in total. The van der Waals surface area contributed by atoms with Crippen LogP contribution in [0, 0.1) is 11.8 Å². The number of imide groups is 2. The van der Waals surface area contributed by atoms with E-state index in [-0.39, 0.29) is 29.9 Å². The first-order chi connectivity index (χ1) is 29.1. The topological polar surface area (TPSA) is 147 Å². The Labute approximate surface area is 349 Å². The van der Waals surface area contributed by atoms with E-state index >= 15 is 0 Å². The van der Waals surface area contributed by atoms with Crippen molar-refractivity contribution in [2.45, 2.75) is 81.9 Å². The van der Waals surface area contributed by atoms with Gasteiger partial charge >= 0.3 is 0 Å². The van der Waals surface area contributed by atoms with Crippen LogP contribution in [0.3, 0.4) is 0 Å². The third kappa shape index (κ3) is 6.72. The largest absolute Gasteiger partial charge is 0.488 e. The van der Waals surface area contributed by atoms with Crippen LogP contribution in [0.1, 0.15) is 85.4 Å². The van der Waals surface area contributed by atoms with Gasteiger partial charge in [-0.3, -0.25) is 39.4 Å². The number of carbonyl (C=O) groups is 4. The zero-order valence-corrected chi connectivity index (χ0v) is 34.3. The first kappa shape index (κ1) is 37.6. The van der Waals surface area contributed by atoms with Crippen LogP contribution < -0.4 is 19.9 Å². The number of nitrogens with zero attached hydrogens (tertiary/aromatic N) is 7. The molecule has 2 aromatic heterocycles. The van der Waals surface area contributed by atoms with E-state index in [9.17, 15) is 19.2 Å². The second kappa shape index (κ2) is 14.4. The summed E-state index contributed by atoms with van der Waals surface area (Å²) >= 11 is 0. The number of ether oxygens (including phenoxy) is 1. The Hall–Kier alpha value is -5.34. The highest BCUT2D eigenvalue weighted by atomic mass is 16.5. The molecule has 312 valence electrons. The van der Waals surface area contributed by atoms with Crippen LogP contribution >= 0.6 is 0 Å². The minimum atomic E-state index is -0.949. The van der Waals surface area contributed by atoms with Gasteiger partial charge in [-0.1, -0.05) is 0 Å². The van der Waals surface area contributed by atoms with Crippen LogP contribution in [-0.2, 0) is 9.59 Å². The molecule has 6 fully saturated rings. The van der Waals surface area contributed by atoms with Gasteiger partial charge in [0.2, 0.25) is 11.8 Å². The minimum Gasteiger partial charge on any atom is -0.488 e. The van der Waals surface area contributed by atoms with E-state index in [0.717, 1.165) is 128 Å². The molecule has 7 aliphatic rings. The number of nitrogens with one attached hydrogen (secondary N) is 2. The van der Waals surface area contributed by atoms with E-state index in [4.69, 9.17) is 14.8 Å². The zero-order valence-electron chi connectivity index (χ0n) is 34.3. The summed E-state index contributed by atoms with van der Waals surface area (Å²) < 4.78 is 6.27. The molecule has 4 amide bonds. The highest BCUT2D eigenvalue weighted by molar-refractivity contribution is 6.23. The number of pyridine rings is 1. The summed E-state index contributed by atoms with van der Waals surface area (Å²) in [7, 11) is 0. The average molecular weight is 812 g/mol. The van der Waals surface area contributed by atoms with Gasteiger partial charge in [-0.25, -0.2) is 4.98 Å². The average Bonchev–Trinajstić information content (AvgIpc) is 3.71. The SMILES string of the molecule is CC1(Oc2ccc3[nH]nc(-c4ccnc(N5CCC56CN(CC5CCN(CC7CCN(c8ccc9c(c8)C(=O)N(C8CCC(=O)NC8=O)C9=O)CC7)CC5)C6)c4)c3c2)CC1. The lowest BCUT2D eigenvalue weighted by atomic mass is 9.76. The number of aromatic nitrogens is 3. The lowest BCUT2D eigenvalue weighted by Crippen LogP contribution is -2.77. The van der Waals surface area contributed by atoms with E-state index < -0.39 is 23.8 Å². The quantitative estimate of drug-likeness (QED) is 0.212. The van der Waals surface area contributed by atoms with Gasteiger partial charge in [-0.05, 0) is 132 Å². The fourth-order valence-electron chi connectivity index (χ4n) is 10.8. The monoisotopic (exact) mass is 811 g/mol. The molecule has 6 aliphatic heterocycles. The van der Waals surface area contributed by atoms with Crippen molar-refractivity contribution < 1.29 is 23.9 Å². The fraction of sp³-hybridized carbons (Fsp3) is 0.522. The number of anilines is 2. The van der Waals surface area contributed by atoms with Crippen LogP contribution in [0.2, 0.25) is 0 Å². The third-order valence-corrected chi connectivity index (χ3v) is 14.7. The predicted molar refractivity (Wildman–Crippen MR) is 226 cm³/mol. The molecule has 2 aromatic carbocycles. The second-order valence-corrected chi connectivity index (χ2v) is 18.9. The van der Waals surface area contributed by atoms with Crippen molar-refractivity contribution in [3.63, 3.8) is 0 Å².